The molecule has 2 fully saturated rings. The third-order valence-electron chi connectivity index (χ3n) is 11.3. The third-order valence-corrected chi connectivity index (χ3v) is 11.7. The summed E-state index contributed by atoms with van der Waals surface area (Å²) in [6, 6.07) is 18.0. The Morgan fingerprint density at radius 3 is 2.22 bits per heavy atom. The van der Waals surface area contributed by atoms with E-state index in [0.717, 1.165) is 48.3 Å². The molecule has 0 saturated carbocycles. The van der Waals surface area contributed by atoms with Crippen LogP contribution in [0.15, 0.2) is 90.5 Å². The number of hydrogen-bond donors (Lipinski definition) is 2. The summed E-state index contributed by atoms with van der Waals surface area (Å²) in [7, 11) is -5.44. The minimum absolute atomic E-state index is 0.0578. The van der Waals surface area contributed by atoms with Gasteiger partial charge in [0.05, 0.1) is 45.9 Å². The van der Waals surface area contributed by atoms with Crippen molar-refractivity contribution in [2.75, 3.05) is 55.8 Å². The monoisotopic (exact) mass is 896 g/mol. The summed E-state index contributed by atoms with van der Waals surface area (Å²) in [5.74, 6) is -2.02. The van der Waals surface area contributed by atoms with Crippen LogP contribution in [0.2, 0.25) is 0 Å². The molecule has 7 rings (SSSR count). The number of piperazine rings is 1. The Balaban J connectivity index is 0.894. The maximum Gasteiger partial charge on any atom is 0.350 e. The minimum Gasteiger partial charge on any atom is -0.790 e. The predicted octanol–water partition coefficient (Wildman–Crippen LogP) is 1.69. The van der Waals surface area contributed by atoms with E-state index in [9.17, 15) is 38.5 Å². The van der Waals surface area contributed by atoms with Crippen molar-refractivity contribution < 1.29 is 56.9 Å². The summed E-state index contributed by atoms with van der Waals surface area (Å²) in [6.07, 6.45) is -0.263. The fourth-order valence-electron chi connectivity index (χ4n) is 7.97. The number of benzene rings is 3. The smallest absolute Gasteiger partial charge is 0.350 e. The molecule has 338 valence electrons. The zero-order valence-electron chi connectivity index (χ0n) is 34.4. The molecule has 0 spiro atoms. The van der Waals surface area contributed by atoms with Crippen molar-refractivity contribution >= 4 is 25.2 Å². The van der Waals surface area contributed by atoms with Crippen molar-refractivity contribution in [3.8, 4) is 11.4 Å². The van der Waals surface area contributed by atoms with Crippen LogP contribution < -0.4 is 30.0 Å². The molecule has 63 heavy (non-hydrogen) atoms. The van der Waals surface area contributed by atoms with Crippen molar-refractivity contribution in [1.82, 2.24) is 29.1 Å². The normalized spacial score (nSPS) is 20.0. The van der Waals surface area contributed by atoms with Gasteiger partial charge in [-0.3, -0.25) is 0 Å². The Kier molecular flexibility index (Phi) is 14.1. The topological polar surface area (TPSA) is 235 Å². The first-order valence-electron chi connectivity index (χ1n) is 20.3. The Morgan fingerprint density at radius 2 is 1.62 bits per heavy atom. The first-order valence-corrected chi connectivity index (χ1v) is 21.7. The molecule has 2 saturated heterocycles. The van der Waals surface area contributed by atoms with Gasteiger partial charge in [-0.25, -0.2) is 37.3 Å². The SMILES string of the molecule is CCC([C@H](C)OC(=O)C(O)C(O)COP(=O)([O-])[O-])n1ncn(-c2ccc(N3CCN(c4ccc(OC[C@@H]5CO[C@@](Cn6cncn6)(c6ccc(F)cc6F)C5)cc4)CC3)cc2)c1=O. The summed E-state index contributed by atoms with van der Waals surface area (Å²) >= 11 is 0. The quantitative estimate of drug-likeness (QED) is 0.0941. The lowest BCUT2D eigenvalue weighted by molar-refractivity contribution is -0.343. The highest BCUT2D eigenvalue weighted by Gasteiger charge is 2.45. The molecule has 0 amide bonds. The number of phosphoric ester groups is 1. The Hall–Kier alpha value is -5.54. The summed E-state index contributed by atoms with van der Waals surface area (Å²) in [6.45, 7) is 5.96. The number of nitrogens with zero attached hydrogens (tertiary/aromatic N) is 8. The number of aliphatic hydroxyl groups excluding tert-OH is 2. The van der Waals surface area contributed by atoms with E-state index in [1.165, 1.54) is 42.6 Å². The standard InChI is InChI=1S/C41H49F2N8O11P/c1-3-36(27(2)62-39(54)38(53)37(52)22-61-63(56,57)58)51-40(55)50(26-46-51)32-7-5-30(6-8-32)47-14-16-48(17-15-47)31-9-11-33(12-10-31)59-20-28-19-41(60-21-28,23-49-25-44-24-45-49)34-13-4-29(42)18-35(34)43/h4-13,18,24-28,36-38,52-53H,3,14-17,19-23H2,1-2H3,(H2,56,57,58)/p-2/t27-,28+,36?,37?,38?,41-/m0/s1. The van der Waals surface area contributed by atoms with E-state index < -0.39 is 67.7 Å². The van der Waals surface area contributed by atoms with E-state index in [0.29, 0.717) is 37.5 Å². The van der Waals surface area contributed by atoms with Crippen LogP contribution in [0, 0.1) is 17.6 Å². The molecule has 22 heteroatoms. The number of ether oxygens (including phenoxy) is 3. The first-order chi connectivity index (χ1) is 30.1. The van der Waals surface area contributed by atoms with Gasteiger partial charge in [0.15, 0.2) is 6.10 Å². The predicted molar refractivity (Wildman–Crippen MR) is 217 cm³/mol. The first kappa shape index (κ1) is 45.5. The summed E-state index contributed by atoms with van der Waals surface area (Å²) in [5.41, 5.74) is 1.26. The van der Waals surface area contributed by atoms with Crippen LogP contribution in [0.25, 0.3) is 5.69 Å². The Bertz CT molecular complexity index is 2410. The van der Waals surface area contributed by atoms with Gasteiger partial charge in [-0.15, -0.1) is 0 Å². The van der Waals surface area contributed by atoms with Gasteiger partial charge < -0.3 is 53.1 Å². The second-order valence-electron chi connectivity index (χ2n) is 15.5. The lowest BCUT2D eigenvalue weighted by Gasteiger charge is -2.37. The van der Waals surface area contributed by atoms with Gasteiger partial charge in [0.25, 0.3) is 0 Å². The van der Waals surface area contributed by atoms with Crippen LogP contribution in [0.5, 0.6) is 5.75 Å². The molecule has 4 heterocycles. The van der Waals surface area contributed by atoms with Gasteiger partial charge in [-0.2, -0.15) is 10.2 Å². The highest BCUT2D eigenvalue weighted by atomic mass is 31.2. The number of esters is 1. The summed E-state index contributed by atoms with van der Waals surface area (Å²) < 4.78 is 65.1. The summed E-state index contributed by atoms with van der Waals surface area (Å²) in [4.78, 5) is 55.8. The van der Waals surface area contributed by atoms with Crippen molar-refractivity contribution in [2.45, 2.75) is 63.2 Å². The molecule has 3 aromatic carbocycles. The molecule has 2 aliphatic heterocycles. The van der Waals surface area contributed by atoms with Crippen LogP contribution in [-0.2, 0) is 35.5 Å². The van der Waals surface area contributed by atoms with Crippen molar-refractivity contribution in [2.24, 2.45) is 5.92 Å². The average Bonchev–Trinajstić information content (AvgIpc) is 4.03. The lowest BCUT2D eigenvalue weighted by Crippen LogP contribution is -2.46. The fourth-order valence-corrected chi connectivity index (χ4v) is 8.31. The number of aliphatic hydroxyl groups is 2. The van der Waals surface area contributed by atoms with Crippen LogP contribution in [0.3, 0.4) is 0 Å². The maximum absolute atomic E-state index is 15.0. The highest BCUT2D eigenvalue weighted by molar-refractivity contribution is 7.43. The molecule has 2 aliphatic rings. The number of aromatic nitrogens is 6. The maximum atomic E-state index is 15.0. The van der Waals surface area contributed by atoms with Gasteiger partial charge in [0, 0.05) is 55.1 Å². The minimum atomic E-state index is -5.44. The van der Waals surface area contributed by atoms with Gasteiger partial charge in [-0.05, 0) is 74.4 Å². The largest absolute Gasteiger partial charge is 0.790 e. The molecular weight excluding hydrogens is 849 g/mol. The van der Waals surface area contributed by atoms with E-state index in [4.69, 9.17) is 14.2 Å². The zero-order chi connectivity index (χ0) is 44.9. The van der Waals surface area contributed by atoms with E-state index in [1.807, 2.05) is 36.4 Å². The molecule has 0 bridgehead atoms. The Morgan fingerprint density at radius 1 is 0.968 bits per heavy atom. The second-order valence-corrected chi connectivity index (χ2v) is 16.6. The van der Waals surface area contributed by atoms with Gasteiger partial charge in [0.1, 0.15) is 54.2 Å². The zero-order valence-corrected chi connectivity index (χ0v) is 35.3. The highest BCUT2D eigenvalue weighted by Crippen LogP contribution is 2.42. The molecule has 2 aromatic heterocycles. The van der Waals surface area contributed by atoms with Crippen molar-refractivity contribution in [1.29, 1.82) is 0 Å². The van der Waals surface area contributed by atoms with Crippen LogP contribution >= 0.6 is 7.82 Å². The fraction of sp³-hybridized carbons (Fsp3) is 0.439. The molecule has 19 nitrogen and oxygen atoms in total. The van der Waals surface area contributed by atoms with E-state index >= 15 is 4.39 Å². The van der Waals surface area contributed by atoms with E-state index in [1.54, 1.807) is 23.7 Å². The number of phosphoric acid groups is 1. The second kappa shape index (κ2) is 19.5. The molecule has 2 N–H and O–H groups in total. The van der Waals surface area contributed by atoms with Gasteiger partial charge in [0.2, 0.25) is 0 Å². The summed E-state index contributed by atoms with van der Waals surface area (Å²) in [5, 5.41) is 28.3. The third kappa shape index (κ3) is 10.8. The molecule has 3 unspecified atom stereocenters. The molecular formula is C41H47F2N8O11P-2. The van der Waals surface area contributed by atoms with Crippen LogP contribution in [0.4, 0.5) is 20.2 Å². The lowest BCUT2D eigenvalue weighted by atomic mass is 9.87. The average molecular weight is 897 g/mol. The number of hydrogen-bond acceptors (Lipinski definition) is 16. The number of carbonyl (C=O) groups excluding carboxylic acids is 1. The van der Waals surface area contributed by atoms with Gasteiger partial charge in [-0.1, -0.05) is 13.0 Å². The molecule has 0 aliphatic carbocycles. The molecule has 0 radical (unpaired) electrons. The number of halogens is 2. The van der Waals surface area contributed by atoms with Crippen molar-refractivity contribution in [3.63, 3.8) is 0 Å². The van der Waals surface area contributed by atoms with E-state index in [2.05, 4.69) is 29.5 Å². The molecule has 5 aromatic rings. The van der Waals surface area contributed by atoms with Gasteiger partial charge >= 0.3 is 11.7 Å². The van der Waals surface area contributed by atoms with E-state index in [-0.39, 0.29) is 18.0 Å². The number of rotatable bonds is 18. The molecule has 6 atom stereocenters. The number of anilines is 2. The Labute approximate surface area is 360 Å². The number of carbonyl (C=O) groups is 1. The van der Waals surface area contributed by atoms with Crippen molar-refractivity contribution in [3.05, 3.63) is 113 Å². The van der Waals surface area contributed by atoms with Crippen LogP contribution in [0.1, 0.15) is 38.3 Å². The van der Waals surface area contributed by atoms with Crippen LogP contribution in [-0.4, -0.2) is 110 Å².